The molecule has 2 N–H and O–H groups in total. The molecule has 1 atom stereocenters. The van der Waals surface area contributed by atoms with Gasteiger partial charge in [0.25, 0.3) is 6.47 Å². The molecule has 9 nitrogen and oxygen atoms in total. The van der Waals surface area contributed by atoms with Crippen LogP contribution in [0.25, 0.3) is 0 Å². The molecule has 0 heterocycles. The number of hydrogen-bond acceptors (Lipinski definition) is 8. The molecule has 0 saturated carbocycles. The van der Waals surface area contributed by atoms with E-state index in [4.69, 9.17) is 14.2 Å². The highest BCUT2D eigenvalue weighted by Crippen LogP contribution is 2.20. The van der Waals surface area contributed by atoms with Gasteiger partial charge in [-0.05, 0) is 57.9 Å². The van der Waals surface area contributed by atoms with Gasteiger partial charge in [0.05, 0.1) is 31.8 Å². The fourth-order valence-corrected chi connectivity index (χ4v) is 4.58. The molecule has 242 valence electrons. The van der Waals surface area contributed by atoms with Crippen LogP contribution in [0, 0.1) is 5.92 Å². The number of carbonyl (C=O) groups excluding carboxylic acids is 3. The minimum Gasteiger partial charge on any atom is -0.468 e. The van der Waals surface area contributed by atoms with Crippen molar-refractivity contribution in [1.82, 2.24) is 10.6 Å². The van der Waals surface area contributed by atoms with Crippen LogP contribution in [0.2, 0.25) is 0 Å². The van der Waals surface area contributed by atoms with Crippen LogP contribution in [0.15, 0.2) is 0 Å². The summed E-state index contributed by atoms with van der Waals surface area (Å²) in [4.78, 5) is 35.3. The Balaban J connectivity index is 4.33. The average Bonchev–Trinajstić information content (AvgIpc) is 2.97. The van der Waals surface area contributed by atoms with Gasteiger partial charge in [-0.2, -0.15) is 0 Å². The maximum absolute atomic E-state index is 12.7. The number of nitrogens with one attached hydrogen (secondary N) is 2. The summed E-state index contributed by atoms with van der Waals surface area (Å²) < 4.78 is 21.2. The Hall–Kier alpha value is -1.71. The zero-order valence-electron chi connectivity index (χ0n) is 26.6. The van der Waals surface area contributed by atoms with Crippen molar-refractivity contribution in [2.45, 2.75) is 129 Å². The Morgan fingerprint density at radius 1 is 0.756 bits per heavy atom. The first-order valence-corrected chi connectivity index (χ1v) is 16.4. The summed E-state index contributed by atoms with van der Waals surface area (Å²) in [6.45, 7) is 8.80. The molecule has 0 bridgehead atoms. The third-order valence-electron chi connectivity index (χ3n) is 7.08. The SMILES string of the molecule is CCCCCCC(CCCCCC)C(=O)OCCCCNCC(COCCCCOC)NC(=O)CCCCOC=O. The summed E-state index contributed by atoms with van der Waals surface area (Å²) in [5, 5.41) is 6.47. The molecule has 0 aliphatic heterocycles. The van der Waals surface area contributed by atoms with Crippen LogP contribution in [-0.2, 0) is 33.3 Å². The van der Waals surface area contributed by atoms with Crippen molar-refractivity contribution in [3.63, 3.8) is 0 Å². The van der Waals surface area contributed by atoms with Gasteiger partial charge in [-0.3, -0.25) is 14.4 Å². The zero-order chi connectivity index (χ0) is 30.2. The van der Waals surface area contributed by atoms with Gasteiger partial charge in [-0.25, -0.2) is 0 Å². The molecule has 41 heavy (non-hydrogen) atoms. The van der Waals surface area contributed by atoms with Gasteiger partial charge in [-0.15, -0.1) is 0 Å². The molecule has 1 amide bonds. The molecule has 1 unspecified atom stereocenters. The van der Waals surface area contributed by atoms with Crippen LogP contribution in [-0.4, -0.2) is 77.6 Å². The van der Waals surface area contributed by atoms with Crippen LogP contribution in [0.3, 0.4) is 0 Å². The zero-order valence-corrected chi connectivity index (χ0v) is 26.6. The third-order valence-corrected chi connectivity index (χ3v) is 7.08. The van der Waals surface area contributed by atoms with Crippen molar-refractivity contribution in [3.05, 3.63) is 0 Å². The van der Waals surface area contributed by atoms with Crippen LogP contribution in [0.4, 0.5) is 0 Å². The summed E-state index contributed by atoms with van der Waals surface area (Å²) in [5.74, 6) is -0.0101. The second kappa shape index (κ2) is 31.2. The smallest absolute Gasteiger partial charge is 0.308 e. The quantitative estimate of drug-likeness (QED) is 0.0584. The van der Waals surface area contributed by atoms with E-state index >= 15 is 0 Å². The second-order valence-electron chi connectivity index (χ2n) is 10.9. The maximum atomic E-state index is 12.7. The van der Waals surface area contributed by atoms with E-state index in [-0.39, 0.29) is 23.8 Å². The first-order valence-electron chi connectivity index (χ1n) is 16.4. The minimum absolute atomic E-state index is 0.0194. The van der Waals surface area contributed by atoms with Crippen molar-refractivity contribution in [3.8, 4) is 0 Å². The third kappa shape index (κ3) is 26.9. The van der Waals surface area contributed by atoms with E-state index in [9.17, 15) is 14.4 Å². The van der Waals surface area contributed by atoms with Crippen LogP contribution < -0.4 is 10.6 Å². The summed E-state index contributed by atoms with van der Waals surface area (Å²) >= 11 is 0. The summed E-state index contributed by atoms with van der Waals surface area (Å²) in [6, 6.07) is -0.129. The fraction of sp³-hybridized carbons (Fsp3) is 0.906. The molecule has 0 aliphatic rings. The van der Waals surface area contributed by atoms with E-state index in [2.05, 4.69) is 29.2 Å². The molecule has 0 aromatic rings. The first kappa shape index (κ1) is 39.3. The molecular formula is C32H62N2O7. The lowest BCUT2D eigenvalue weighted by Gasteiger charge is -2.20. The van der Waals surface area contributed by atoms with Gasteiger partial charge in [0.15, 0.2) is 0 Å². The lowest BCUT2D eigenvalue weighted by Crippen LogP contribution is -2.45. The Kier molecular flexibility index (Phi) is 29.9. The second-order valence-corrected chi connectivity index (χ2v) is 10.9. The van der Waals surface area contributed by atoms with E-state index < -0.39 is 0 Å². The highest BCUT2D eigenvalue weighted by Gasteiger charge is 2.19. The molecule has 0 fully saturated rings. The van der Waals surface area contributed by atoms with Crippen molar-refractivity contribution < 1.29 is 33.3 Å². The van der Waals surface area contributed by atoms with E-state index in [1.165, 1.54) is 38.5 Å². The molecule has 0 saturated heterocycles. The number of ether oxygens (including phenoxy) is 4. The summed E-state index contributed by atoms with van der Waals surface area (Å²) in [5.41, 5.74) is 0. The molecule has 9 heteroatoms. The number of unbranched alkanes of at least 4 members (excludes halogenated alkanes) is 9. The number of amides is 1. The lowest BCUT2D eigenvalue weighted by atomic mass is 9.94. The Morgan fingerprint density at radius 3 is 2.07 bits per heavy atom. The predicted molar refractivity (Wildman–Crippen MR) is 164 cm³/mol. The topological polar surface area (TPSA) is 112 Å². The molecule has 0 radical (unpaired) electrons. The fourth-order valence-electron chi connectivity index (χ4n) is 4.58. The maximum Gasteiger partial charge on any atom is 0.308 e. The number of carbonyl (C=O) groups is 3. The van der Waals surface area contributed by atoms with Gasteiger partial charge in [0.1, 0.15) is 0 Å². The summed E-state index contributed by atoms with van der Waals surface area (Å²) in [6.07, 6.45) is 16.6. The van der Waals surface area contributed by atoms with Gasteiger partial charge < -0.3 is 29.6 Å². The monoisotopic (exact) mass is 586 g/mol. The van der Waals surface area contributed by atoms with Crippen molar-refractivity contribution in [2.75, 3.05) is 53.2 Å². The number of rotatable bonds is 32. The van der Waals surface area contributed by atoms with Crippen molar-refractivity contribution in [2.24, 2.45) is 5.92 Å². The largest absolute Gasteiger partial charge is 0.468 e. The van der Waals surface area contributed by atoms with E-state index in [0.717, 1.165) is 57.9 Å². The first-order chi connectivity index (χ1) is 20.1. The predicted octanol–water partition coefficient (Wildman–Crippen LogP) is 5.73. The van der Waals surface area contributed by atoms with E-state index in [0.29, 0.717) is 65.3 Å². The minimum atomic E-state index is -0.129. The Bertz CT molecular complexity index is 595. The van der Waals surface area contributed by atoms with Gasteiger partial charge in [-0.1, -0.05) is 65.2 Å². The molecule has 0 aromatic carbocycles. The Labute approximate surface area is 250 Å². The van der Waals surface area contributed by atoms with Gasteiger partial charge in [0.2, 0.25) is 5.91 Å². The molecule has 0 spiro atoms. The van der Waals surface area contributed by atoms with E-state index in [1.54, 1.807) is 7.11 Å². The lowest BCUT2D eigenvalue weighted by molar-refractivity contribution is -0.149. The normalized spacial score (nSPS) is 11.9. The highest BCUT2D eigenvalue weighted by atomic mass is 16.5. The van der Waals surface area contributed by atoms with Crippen LogP contribution in [0.5, 0.6) is 0 Å². The summed E-state index contributed by atoms with van der Waals surface area (Å²) in [7, 11) is 1.69. The number of hydrogen-bond donors (Lipinski definition) is 2. The van der Waals surface area contributed by atoms with Crippen molar-refractivity contribution >= 4 is 18.3 Å². The van der Waals surface area contributed by atoms with Crippen LogP contribution >= 0.6 is 0 Å². The van der Waals surface area contributed by atoms with E-state index in [1.807, 2.05) is 0 Å². The van der Waals surface area contributed by atoms with Crippen LogP contribution in [0.1, 0.15) is 123 Å². The molecule has 0 aliphatic carbocycles. The van der Waals surface area contributed by atoms with Crippen molar-refractivity contribution in [1.29, 1.82) is 0 Å². The number of esters is 1. The highest BCUT2D eigenvalue weighted by molar-refractivity contribution is 5.76. The molecule has 0 aromatic heterocycles. The molecule has 0 rings (SSSR count). The average molecular weight is 587 g/mol. The van der Waals surface area contributed by atoms with Gasteiger partial charge >= 0.3 is 5.97 Å². The van der Waals surface area contributed by atoms with Gasteiger partial charge in [0, 0.05) is 33.3 Å². The molecular weight excluding hydrogens is 524 g/mol. The Morgan fingerprint density at radius 2 is 1.41 bits per heavy atom. The standard InChI is InChI=1S/C32H62N2O7/c1-4-6-8-10-18-29(19-11-9-7-5-2)32(37)41-25-15-13-21-33-26-30(27-39-23-17-16-22-38-3)34-31(36)20-12-14-24-40-28-35/h28-30,33H,4-27H2,1-3H3,(H,34,36). The number of methoxy groups -OCH3 is 1.